The van der Waals surface area contributed by atoms with Gasteiger partial charge in [0.25, 0.3) is 0 Å². The minimum atomic E-state index is -0.187. The second-order valence-corrected chi connectivity index (χ2v) is 8.99. The Morgan fingerprint density at radius 3 is 2.28 bits per heavy atom. The van der Waals surface area contributed by atoms with Crippen molar-refractivity contribution >= 4 is 44.9 Å². The molecular formula is C31H23ClN4. The van der Waals surface area contributed by atoms with Gasteiger partial charge in [-0.3, -0.25) is 4.90 Å². The molecule has 1 aliphatic rings. The van der Waals surface area contributed by atoms with Gasteiger partial charge in [0.05, 0.1) is 21.7 Å². The third-order valence-electron chi connectivity index (χ3n) is 6.62. The van der Waals surface area contributed by atoms with Gasteiger partial charge in [0, 0.05) is 28.4 Å². The van der Waals surface area contributed by atoms with Crippen LogP contribution >= 0.6 is 11.6 Å². The summed E-state index contributed by atoms with van der Waals surface area (Å²) in [5, 5.41) is 6.69. The molecule has 1 unspecified atom stereocenters. The van der Waals surface area contributed by atoms with Crippen LogP contribution in [0.1, 0.15) is 18.7 Å². The number of fused-ring (bicyclic) bond motifs is 4. The molecule has 0 spiro atoms. The highest BCUT2D eigenvalue weighted by Gasteiger charge is 2.34. The Hall–Kier alpha value is -4.46. The number of benzene rings is 3. The Labute approximate surface area is 215 Å². The highest BCUT2D eigenvalue weighted by atomic mass is 35.5. The zero-order chi connectivity index (χ0) is 24.6. The predicted octanol–water partition coefficient (Wildman–Crippen LogP) is 7.86. The number of nitrogens with one attached hydrogen (secondary N) is 1. The molecule has 174 valence electrons. The molecule has 0 bridgehead atoms. The smallest absolute Gasteiger partial charge is 0.160 e. The molecule has 36 heavy (non-hydrogen) atoms. The Balaban J connectivity index is 1.45. The van der Waals surface area contributed by atoms with Crippen molar-refractivity contribution in [2.45, 2.75) is 13.1 Å². The Kier molecular flexibility index (Phi) is 5.48. The number of hydrogen-bond acceptors (Lipinski definition) is 3. The van der Waals surface area contributed by atoms with Crippen LogP contribution < -0.4 is 10.2 Å². The van der Waals surface area contributed by atoms with E-state index in [-0.39, 0.29) is 6.17 Å². The zero-order valence-corrected chi connectivity index (χ0v) is 20.4. The van der Waals surface area contributed by atoms with Gasteiger partial charge in [-0.25, -0.2) is 4.98 Å². The number of halogens is 1. The van der Waals surface area contributed by atoms with Crippen molar-refractivity contribution in [1.29, 1.82) is 0 Å². The van der Waals surface area contributed by atoms with Crippen LogP contribution in [0.4, 0.5) is 11.5 Å². The zero-order valence-electron chi connectivity index (χ0n) is 19.7. The normalized spacial score (nSPS) is 15.4. The first-order valence-corrected chi connectivity index (χ1v) is 12.2. The summed E-state index contributed by atoms with van der Waals surface area (Å²) in [5.74, 6) is 3.35. The fourth-order valence-corrected chi connectivity index (χ4v) is 5.22. The number of rotatable bonds is 4. The summed E-state index contributed by atoms with van der Waals surface area (Å²) in [7, 11) is 0. The van der Waals surface area contributed by atoms with Gasteiger partial charge in [0.15, 0.2) is 5.82 Å². The summed E-state index contributed by atoms with van der Waals surface area (Å²) in [5.41, 5.74) is 6.31. The summed E-state index contributed by atoms with van der Waals surface area (Å²) in [4.78, 5) is 6.76. The van der Waals surface area contributed by atoms with Crippen LogP contribution in [-0.4, -0.2) is 9.55 Å². The molecule has 0 aliphatic carbocycles. The molecule has 3 aromatic carbocycles. The lowest BCUT2D eigenvalue weighted by molar-refractivity contribution is 0.792. The summed E-state index contributed by atoms with van der Waals surface area (Å²) >= 11 is 6.54. The van der Waals surface area contributed by atoms with E-state index in [1.54, 1.807) is 18.3 Å². The van der Waals surface area contributed by atoms with Gasteiger partial charge in [0.2, 0.25) is 0 Å². The van der Waals surface area contributed by atoms with Crippen molar-refractivity contribution in [3.8, 4) is 18.0 Å². The molecule has 0 saturated carbocycles. The Bertz CT molecular complexity index is 1650. The number of para-hydroxylation sites is 2. The average molecular weight is 487 g/mol. The number of hydrogen-bond donors (Lipinski definition) is 1. The highest BCUT2D eigenvalue weighted by molar-refractivity contribution is 6.34. The maximum Gasteiger partial charge on any atom is 0.160 e. The number of terminal acetylenes is 1. The van der Waals surface area contributed by atoms with Crippen molar-refractivity contribution in [2.75, 3.05) is 10.2 Å². The van der Waals surface area contributed by atoms with E-state index in [0.717, 1.165) is 28.5 Å². The summed E-state index contributed by atoms with van der Waals surface area (Å²) in [6.45, 7) is 1.99. The van der Waals surface area contributed by atoms with Crippen molar-refractivity contribution in [2.24, 2.45) is 0 Å². The van der Waals surface area contributed by atoms with Crippen molar-refractivity contribution in [3.05, 3.63) is 120 Å². The minimum absolute atomic E-state index is 0.187. The third kappa shape index (κ3) is 3.45. The minimum Gasteiger partial charge on any atom is -0.357 e. The number of pyridine rings is 1. The fraction of sp³-hybridized carbons (Fsp3) is 0.0645. The van der Waals surface area contributed by atoms with Gasteiger partial charge in [-0.2, -0.15) is 0 Å². The van der Waals surface area contributed by atoms with Gasteiger partial charge in [-0.05, 0) is 55.0 Å². The molecule has 0 radical (unpaired) electrons. The molecular weight excluding hydrogens is 464 g/mol. The largest absolute Gasteiger partial charge is 0.357 e. The quantitative estimate of drug-likeness (QED) is 0.207. The molecule has 0 amide bonds. The summed E-state index contributed by atoms with van der Waals surface area (Å²) in [6, 6.07) is 27.5. The highest BCUT2D eigenvalue weighted by Crippen LogP contribution is 2.45. The lowest BCUT2D eigenvalue weighted by atomic mass is 10.1. The summed E-state index contributed by atoms with van der Waals surface area (Å²) < 4.78 is 2.31. The van der Waals surface area contributed by atoms with Gasteiger partial charge >= 0.3 is 0 Å². The first-order valence-electron chi connectivity index (χ1n) is 11.8. The maximum absolute atomic E-state index is 6.54. The van der Waals surface area contributed by atoms with Crippen LogP contribution in [0, 0.1) is 12.3 Å². The van der Waals surface area contributed by atoms with E-state index in [2.05, 4.69) is 98.5 Å². The van der Waals surface area contributed by atoms with Gasteiger partial charge in [-0.1, -0.05) is 72.1 Å². The molecule has 5 heteroatoms. The van der Waals surface area contributed by atoms with Crippen molar-refractivity contribution < 1.29 is 0 Å². The van der Waals surface area contributed by atoms with Gasteiger partial charge in [-0.15, -0.1) is 6.42 Å². The van der Waals surface area contributed by atoms with E-state index in [1.165, 1.54) is 21.8 Å². The molecule has 6 rings (SSSR count). The standard InChI is InChI=1S/C31H23ClN4/c1-3-5-10-22(4-2)36-30(34-29-26(32)19-20-33-31(29)36)21-15-17-23(18-16-21)35-27-13-8-6-11-24(27)25-12-7-9-14-28(25)35/h1,4-20,30,34H,2H3/b10-5-,22-4+. The Morgan fingerprint density at radius 2 is 1.64 bits per heavy atom. The average Bonchev–Trinajstić information content (AvgIpc) is 3.47. The molecule has 3 heterocycles. The van der Waals surface area contributed by atoms with Gasteiger partial charge in [0.1, 0.15) is 6.17 Å². The SMILES string of the molecule is C#C/C=C\C(=C/C)N1c2nccc(Cl)c2NC1c1ccc(-n2c3ccccc3c3ccccc32)cc1. The third-order valence-corrected chi connectivity index (χ3v) is 6.93. The first-order chi connectivity index (χ1) is 17.7. The van der Waals surface area contributed by atoms with Gasteiger partial charge < -0.3 is 9.88 Å². The topological polar surface area (TPSA) is 33.1 Å². The fourth-order valence-electron chi connectivity index (χ4n) is 5.03. The number of anilines is 2. The molecule has 0 fully saturated rings. The maximum atomic E-state index is 6.54. The first kappa shape index (κ1) is 22.0. The molecule has 2 aromatic heterocycles. The van der Waals surface area contributed by atoms with Crippen LogP contribution in [0.2, 0.25) is 5.02 Å². The molecule has 0 saturated heterocycles. The second-order valence-electron chi connectivity index (χ2n) is 8.58. The molecule has 5 aromatic rings. The lowest BCUT2D eigenvalue weighted by Gasteiger charge is -2.27. The molecule has 1 N–H and O–H groups in total. The van der Waals surface area contributed by atoms with Crippen molar-refractivity contribution in [3.63, 3.8) is 0 Å². The predicted molar refractivity (Wildman–Crippen MR) is 151 cm³/mol. The van der Waals surface area contributed by atoms with Crippen LogP contribution in [0.3, 0.4) is 0 Å². The van der Waals surface area contributed by atoms with E-state index in [1.807, 2.05) is 19.1 Å². The van der Waals surface area contributed by atoms with E-state index in [4.69, 9.17) is 18.0 Å². The molecule has 1 aliphatic heterocycles. The monoisotopic (exact) mass is 486 g/mol. The summed E-state index contributed by atoms with van der Waals surface area (Å²) in [6.07, 6.45) is 12.7. The van der Waals surface area contributed by atoms with Crippen molar-refractivity contribution in [1.82, 2.24) is 9.55 Å². The van der Waals surface area contributed by atoms with Crippen LogP contribution in [0.15, 0.2) is 109 Å². The van der Waals surface area contributed by atoms with E-state index in [0.29, 0.717) is 5.02 Å². The molecule has 1 atom stereocenters. The Morgan fingerprint density at radius 1 is 0.972 bits per heavy atom. The van der Waals surface area contributed by atoms with E-state index in [9.17, 15) is 0 Å². The van der Waals surface area contributed by atoms with E-state index < -0.39 is 0 Å². The second kappa shape index (κ2) is 8.96. The van der Waals surface area contributed by atoms with Crippen LogP contribution in [-0.2, 0) is 0 Å². The van der Waals surface area contributed by atoms with Crippen LogP contribution in [0.5, 0.6) is 0 Å². The lowest BCUT2D eigenvalue weighted by Crippen LogP contribution is -2.27. The number of allylic oxidation sites excluding steroid dienone is 3. The van der Waals surface area contributed by atoms with Crippen LogP contribution in [0.25, 0.3) is 27.5 Å². The van der Waals surface area contributed by atoms with E-state index >= 15 is 0 Å². The number of aromatic nitrogens is 2. The molecule has 4 nitrogen and oxygen atoms in total. The number of nitrogens with zero attached hydrogens (tertiary/aromatic N) is 3.